The second-order valence-electron chi connectivity index (χ2n) is 4.81. The molecule has 0 aliphatic heterocycles. The Labute approximate surface area is 156 Å². The third kappa shape index (κ3) is 5.51. The van der Waals surface area contributed by atoms with E-state index in [1.807, 2.05) is 0 Å². The maximum atomic E-state index is 12.1. The highest BCUT2D eigenvalue weighted by Gasteiger charge is 2.15. The maximum absolute atomic E-state index is 12.1. The van der Waals surface area contributed by atoms with Crippen molar-refractivity contribution < 1.29 is 29.2 Å². The van der Waals surface area contributed by atoms with Crippen LogP contribution >= 0.6 is 0 Å². The minimum atomic E-state index is -0.487. The largest absolute Gasteiger partial charge is 0.493 e. The first kappa shape index (κ1) is 21.6. The number of hydrazine groups is 1. The number of nitroso groups, excluding NO2 is 1. The molecular weight excluding hydrogens is 354 g/mol. The van der Waals surface area contributed by atoms with Crippen molar-refractivity contribution in [2.75, 3.05) is 28.4 Å². The van der Waals surface area contributed by atoms with Gasteiger partial charge in [-0.05, 0) is 29.4 Å². The minimum absolute atomic E-state index is 0.0644. The van der Waals surface area contributed by atoms with Crippen molar-refractivity contribution in [3.8, 4) is 17.2 Å². The summed E-state index contributed by atoms with van der Waals surface area (Å²) in [4.78, 5) is 22.8. The summed E-state index contributed by atoms with van der Waals surface area (Å²) in [5, 5.41) is 12.5. The molecule has 9 heteroatoms. The van der Waals surface area contributed by atoms with Gasteiger partial charge in [0.15, 0.2) is 17.7 Å². The molecule has 0 unspecified atom stereocenters. The topological polar surface area (TPSA) is 120 Å². The van der Waals surface area contributed by atoms with Crippen LogP contribution in [0.4, 0.5) is 5.69 Å². The molecule has 2 aromatic carbocycles. The van der Waals surface area contributed by atoms with E-state index in [-0.39, 0.29) is 11.3 Å². The molecule has 2 rings (SSSR count). The molecule has 0 spiro atoms. The molecule has 0 radical (unpaired) electrons. The third-order valence-electron chi connectivity index (χ3n) is 3.36. The number of benzene rings is 2. The number of hydrogen-bond acceptors (Lipinski definition) is 7. The van der Waals surface area contributed by atoms with Gasteiger partial charge in [0.25, 0.3) is 0 Å². The van der Waals surface area contributed by atoms with Gasteiger partial charge in [-0.3, -0.25) is 4.79 Å². The fourth-order valence-corrected chi connectivity index (χ4v) is 2.18. The van der Waals surface area contributed by atoms with Crippen LogP contribution in [0.5, 0.6) is 17.2 Å². The Morgan fingerprint density at radius 1 is 1.07 bits per heavy atom. The first-order chi connectivity index (χ1) is 13.1. The molecule has 3 N–H and O–H groups in total. The van der Waals surface area contributed by atoms with Gasteiger partial charge in [0.05, 0.1) is 26.9 Å². The molecule has 9 nitrogen and oxygen atoms in total. The summed E-state index contributed by atoms with van der Waals surface area (Å²) in [6.45, 7) is 0. The average Bonchev–Trinajstić information content (AvgIpc) is 2.74. The highest BCUT2D eigenvalue weighted by atomic mass is 16.5. The van der Waals surface area contributed by atoms with Crippen LogP contribution in [0, 0.1) is 4.91 Å². The van der Waals surface area contributed by atoms with E-state index in [0.29, 0.717) is 22.8 Å². The number of aliphatic hydroxyl groups excluding tert-OH is 1. The lowest BCUT2D eigenvalue weighted by atomic mass is 10.2. The summed E-state index contributed by atoms with van der Waals surface area (Å²) in [6.07, 6.45) is 1.54. The molecule has 0 aliphatic rings. The number of hydrogen-bond donors (Lipinski definition) is 3. The molecule has 0 saturated heterocycles. The van der Waals surface area contributed by atoms with Gasteiger partial charge >= 0.3 is 5.91 Å². The summed E-state index contributed by atoms with van der Waals surface area (Å²) < 4.78 is 15.8. The lowest BCUT2D eigenvalue weighted by Crippen LogP contribution is -2.81. The third-order valence-corrected chi connectivity index (χ3v) is 3.36. The van der Waals surface area contributed by atoms with E-state index in [0.717, 1.165) is 7.11 Å². The van der Waals surface area contributed by atoms with Crippen molar-refractivity contribution in [1.29, 1.82) is 0 Å². The van der Waals surface area contributed by atoms with Gasteiger partial charge in [-0.15, -0.1) is 15.4 Å². The van der Waals surface area contributed by atoms with E-state index in [1.165, 1.54) is 33.5 Å². The van der Waals surface area contributed by atoms with Gasteiger partial charge < -0.3 is 19.3 Å². The van der Waals surface area contributed by atoms with E-state index < -0.39 is 5.91 Å². The summed E-state index contributed by atoms with van der Waals surface area (Å²) in [5.74, 6) is 0.949. The summed E-state index contributed by atoms with van der Waals surface area (Å²) >= 11 is 0. The first-order valence-electron chi connectivity index (χ1n) is 7.70. The highest BCUT2D eigenvalue weighted by Crippen LogP contribution is 2.37. The fraction of sp³-hybridized carbons (Fsp3) is 0.222. The van der Waals surface area contributed by atoms with E-state index in [9.17, 15) is 9.70 Å². The van der Waals surface area contributed by atoms with Crippen molar-refractivity contribution in [3.63, 3.8) is 0 Å². The Bertz CT molecular complexity index is 782. The smallest absolute Gasteiger partial charge is 0.307 e. The normalized spacial score (nSPS) is 9.81. The summed E-state index contributed by atoms with van der Waals surface area (Å²) in [7, 11) is 5.54. The number of rotatable bonds is 7. The zero-order valence-corrected chi connectivity index (χ0v) is 15.5. The van der Waals surface area contributed by atoms with E-state index in [4.69, 9.17) is 19.3 Å². The Morgan fingerprint density at radius 2 is 1.67 bits per heavy atom. The Kier molecular flexibility index (Phi) is 8.96. The lowest BCUT2D eigenvalue weighted by Gasteiger charge is -2.11. The Balaban J connectivity index is 0.00000176. The fourth-order valence-electron chi connectivity index (χ4n) is 2.18. The number of carbonyl (C=O) groups is 1. The van der Waals surface area contributed by atoms with E-state index in [1.54, 1.807) is 30.5 Å². The molecule has 0 bridgehead atoms. The van der Waals surface area contributed by atoms with Crippen molar-refractivity contribution in [3.05, 3.63) is 52.4 Å². The number of nitrogens with one attached hydrogen (secondary N) is 2. The molecule has 1 amide bonds. The van der Waals surface area contributed by atoms with Gasteiger partial charge in [0.2, 0.25) is 5.75 Å². The predicted octanol–water partition coefficient (Wildman–Crippen LogP) is 0.563. The van der Waals surface area contributed by atoms with Gasteiger partial charge in [-0.25, -0.2) is 0 Å². The van der Waals surface area contributed by atoms with Crippen LogP contribution < -0.4 is 24.7 Å². The zero-order chi connectivity index (χ0) is 20.2. The predicted molar refractivity (Wildman–Crippen MR) is 99.7 cm³/mol. The number of carbonyl (C=O) groups excluding carboxylic acids is 1. The Hall–Kier alpha value is -3.46. The van der Waals surface area contributed by atoms with Crippen LogP contribution in [-0.4, -0.2) is 45.7 Å². The molecule has 0 aliphatic carbocycles. The molecule has 0 atom stereocenters. The second kappa shape index (κ2) is 11.2. The number of ether oxygens (including phenoxy) is 3. The zero-order valence-electron chi connectivity index (χ0n) is 15.5. The SMILES string of the molecule is CO.COc1cc(/C=[NH+]/NC(=O)c2ccccc2N=O)cc(OC)c1OC. The number of amides is 1. The number of aliphatic hydroxyl groups is 1. The summed E-state index contributed by atoms with van der Waals surface area (Å²) in [5.41, 5.74) is 3.38. The summed E-state index contributed by atoms with van der Waals surface area (Å²) in [6, 6.07) is 9.66. The van der Waals surface area contributed by atoms with Crippen molar-refractivity contribution in [2.45, 2.75) is 0 Å². The van der Waals surface area contributed by atoms with Crippen LogP contribution in [0.1, 0.15) is 15.9 Å². The number of hydrazone groups is 1. The lowest BCUT2D eigenvalue weighted by molar-refractivity contribution is -0.503. The van der Waals surface area contributed by atoms with Crippen LogP contribution in [0.15, 0.2) is 41.6 Å². The molecule has 0 heterocycles. The van der Waals surface area contributed by atoms with Crippen LogP contribution in [0.25, 0.3) is 0 Å². The number of nitrogens with zero attached hydrogens (tertiary/aromatic N) is 1. The highest BCUT2D eigenvalue weighted by molar-refractivity contribution is 5.98. The first-order valence-corrected chi connectivity index (χ1v) is 7.70. The quantitative estimate of drug-likeness (QED) is 0.369. The van der Waals surface area contributed by atoms with E-state index in [2.05, 4.69) is 15.7 Å². The van der Waals surface area contributed by atoms with Crippen LogP contribution in [-0.2, 0) is 0 Å². The van der Waals surface area contributed by atoms with Gasteiger partial charge in [0, 0.05) is 12.7 Å². The average molecular weight is 376 g/mol. The standard InChI is InChI=1S/C17H17N3O5.CH4O/c1-23-14-8-11(9-15(24-2)16(14)25-3)10-18-19-17(21)12-6-4-5-7-13(12)20-22;1-2/h4-10H,1-3H3,(H,19,21);2H,1H3/p+1/b18-10+;. The Morgan fingerprint density at radius 3 is 2.19 bits per heavy atom. The van der Waals surface area contributed by atoms with Crippen LogP contribution in [0.2, 0.25) is 0 Å². The monoisotopic (exact) mass is 376 g/mol. The van der Waals surface area contributed by atoms with Gasteiger partial charge in [-0.2, -0.15) is 0 Å². The molecule has 0 aromatic heterocycles. The van der Waals surface area contributed by atoms with Crippen molar-refractivity contribution in [2.24, 2.45) is 5.18 Å². The van der Waals surface area contributed by atoms with Crippen LogP contribution in [0.3, 0.4) is 0 Å². The molecule has 0 saturated carbocycles. The molecular formula is C18H22N3O6+. The maximum Gasteiger partial charge on any atom is 0.307 e. The minimum Gasteiger partial charge on any atom is -0.493 e. The van der Waals surface area contributed by atoms with Crippen molar-refractivity contribution >= 4 is 17.8 Å². The molecule has 2 aromatic rings. The van der Waals surface area contributed by atoms with E-state index >= 15 is 0 Å². The molecule has 27 heavy (non-hydrogen) atoms. The van der Waals surface area contributed by atoms with Gasteiger partial charge in [0.1, 0.15) is 5.69 Å². The second-order valence-corrected chi connectivity index (χ2v) is 4.81. The molecule has 0 fully saturated rings. The van der Waals surface area contributed by atoms with Crippen molar-refractivity contribution in [1.82, 2.24) is 5.43 Å². The molecule has 144 valence electrons. The number of methoxy groups -OCH3 is 3. The van der Waals surface area contributed by atoms with Gasteiger partial charge in [-0.1, -0.05) is 12.1 Å².